The summed E-state index contributed by atoms with van der Waals surface area (Å²) < 4.78 is 5.16. The van der Waals surface area contributed by atoms with Crippen LogP contribution in [0, 0.1) is 5.92 Å². The summed E-state index contributed by atoms with van der Waals surface area (Å²) in [4.78, 5) is 13.4. The standard InChI is InChI=1S/C16H21NO2/c1-3-16(18)17-10-8-14(9-11-17)12-13-4-6-15(19-2)7-5-13/h3-7,14H,1,8-12H2,2H3. The van der Waals surface area contributed by atoms with Crippen LogP contribution in [0.3, 0.4) is 0 Å². The zero-order valence-electron chi connectivity index (χ0n) is 11.5. The molecule has 0 aliphatic carbocycles. The van der Waals surface area contributed by atoms with Crippen molar-refractivity contribution >= 4 is 5.91 Å². The first kappa shape index (κ1) is 13.7. The number of hydrogen-bond donors (Lipinski definition) is 0. The SMILES string of the molecule is C=CC(=O)N1CCC(Cc2ccc(OC)cc2)CC1. The summed E-state index contributed by atoms with van der Waals surface area (Å²) in [7, 11) is 1.68. The number of rotatable bonds is 4. The number of methoxy groups -OCH3 is 1. The van der Waals surface area contributed by atoms with Crippen LogP contribution in [-0.4, -0.2) is 31.0 Å². The second kappa shape index (κ2) is 6.41. The predicted molar refractivity (Wildman–Crippen MR) is 76.2 cm³/mol. The van der Waals surface area contributed by atoms with E-state index in [1.54, 1.807) is 7.11 Å². The summed E-state index contributed by atoms with van der Waals surface area (Å²) in [5, 5.41) is 0. The quantitative estimate of drug-likeness (QED) is 0.778. The van der Waals surface area contributed by atoms with Crippen LogP contribution < -0.4 is 4.74 Å². The van der Waals surface area contributed by atoms with E-state index >= 15 is 0 Å². The number of hydrogen-bond acceptors (Lipinski definition) is 2. The molecule has 0 spiro atoms. The molecule has 1 heterocycles. The first-order valence-electron chi connectivity index (χ1n) is 6.77. The predicted octanol–water partition coefficient (Wildman–Crippen LogP) is 2.66. The average Bonchev–Trinajstić information content (AvgIpc) is 2.48. The van der Waals surface area contributed by atoms with Crippen LogP contribution in [0.15, 0.2) is 36.9 Å². The summed E-state index contributed by atoms with van der Waals surface area (Å²) in [6.45, 7) is 5.24. The van der Waals surface area contributed by atoms with E-state index in [9.17, 15) is 4.79 Å². The molecule has 0 radical (unpaired) electrons. The van der Waals surface area contributed by atoms with Crippen molar-refractivity contribution in [2.24, 2.45) is 5.92 Å². The van der Waals surface area contributed by atoms with Gasteiger partial charge < -0.3 is 9.64 Å². The van der Waals surface area contributed by atoms with Gasteiger partial charge >= 0.3 is 0 Å². The summed E-state index contributed by atoms with van der Waals surface area (Å²) in [5.41, 5.74) is 1.34. The van der Waals surface area contributed by atoms with Gasteiger partial charge in [0.1, 0.15) is 5.75 Å². The lowest BCUT2D eigenvalue weighted by atomic mass is 9.90. The maximum Gasteiger partial charge on any atom is 0.245 e. The molecule has 1 aliphatic heterocycles. The van der Waals surface area contributed by atoms with Crippen molar-refractivity contribution in [1.29, 1.82) is 0 Å². The maximum absolute atomic E-state index is 11.5. The van der Waals surface area contributed by atoms with Crippen molar-refractivity contribution in [3.8, 4) is 5.75 Å². The summed E-state index contributed by atoms with van der Waals surface area (Å²) in [5.74, 6) is 1.63. The Morgan fingerprint density at radius 1 is 1.37 bits per heavy atom. The number of nitrogens with zero attached hydrogens (tertiary/aromatic N) is 1. The number of carbonyl (C=O) groups excluding carboxylic acids is 1. The van der Waals surface area contributed by atoms with Crippen LogP contribution in [0.2, 0.25) is 0 Å². The van der Waals surface area contributed by atoms with Gasteiger partial charge in [-0.15, -0.1) is 0 Å². The number of ether oxygens (including phenoxy) is 1. The fraction of sp³-hybridized carbons (Fsp3) is 0.438. The first-order valence-corrected chi connectivity index (χ1v) is 6.77. The third kappa shape index (κ3) is 3.60. The summed E-state index contributed by atoms with van der Waals surface area (Å²) in [6, 6.07) is 8.26. The zero-order chi connectivity index (χ0) is 13.7. The molecular formula is C16H21NO2. The Morgan fingerprint density at radius 2 is 2.00 bits per heavy atom. The highest BCUT2D eigenvalue weighted by Gasteiger charge is 2.21. The highest BCUT2D eigenvalue weighted by molar-refractivity contribution is 5.87. The van der Waals surface area contributed by atoms with Gasteiger partial charge in [-0.05, 0) is 49.0 Å². The van der Waals surface area contributed by atoms with Crippen LogP contribution >= 0.6 is 0 Å². The van der Waals surface area contributed by atoms with Gasteiger partial charge in [-0.2, -0.15) is 0 Å². The lowest BCUT2D eigenvalue weighted by Gasteiger charge is -2.31. The largest absolute Gasteiger partial charge is 0.497 e. The topological polar surface area (TPSA) is 29.5 Å². The molecule has 0 aromatic heterocycles. The van der Waals surface area contributed by atoms with E-state index in [4.69, 9.17) is 4.74 Å². The highest BCUT2D eigenvalue weighted by atomic mass is 16.5. The van der Waals surface area contributed by atoms with Gasteiger partial charge in [-0.1, -0.05) is 18.7 Å². The lowest BCUT2D eigenvalue weighted by molar-refractivity contribution is -0.127. The minimum absolute atomic E-state index is 0.0582. The van der Waals surface area contributed by atoms with Crippen LogP contribution in [0.1, 0.15) is 18.4 Å². The van der Waals surface area contributed by atoms with Gasteiger partial charge in [0.2, 0.25) is 5.91 Å². The van der Waals surface area contributed by atoms with Gasteiger partial charge in [0.15, 0.2) is 0 Å². The number of amides is 1. The zero-order valence-corrected chi connectivity index (χ0v) is 11.5. The fourth-order valence-corrected chi connectivity index (χ4v) is 2.58. The lowest BCUT2D eigenvalue weighted by Crippen LogP contribution is -2.37. The normalized spacial score (nSPS) is 16.2. The van der Waals surface area contributed by atoms with Gasteiger partial charge in [-0.25, -0.2) is 0 Å². The van der Waals surface area contributed by atoms with Crippen LogP contribution in [0.5, 0.6) is 5.75 Å². The summed E-state index contributed by atoms with van der Waals surface area (Å²) in [6.07, 6.45) is 4.64. The molecule has 0 saturated carbocycles. The second-order valence-corrected chi connectivity index (χ2v) is 5.02. The molecule has 1 aromatic rings. The molecule has 3 nitrogen and oxygen atoms in total. The van der Waals surface area contributed by atoms with E-state index in [1.807, 2.05) is 17.0 Å². The van der Waals surface area contributed by atoms with Gasteiger partial charge in [0, 0.05) is 13.1 Å². The van der Waals surface area contributed by atoms with Gasteiger partial charge in [-0.3, -0.25) is 4.79 Å². The Kier molecular flexibility index (Phi) is 4.61. The Labute approximate surface area is 114 Å². The molecule has 19 heavy (non-hydrogen) atoms. The van der Waals surface area contributed by atoms with Crippen molar-refractivity contribution < 1.29 is 9.53 Å². The highest BCUT2D eigenvalue weighted by Crippen LogP contribution is 2.23. The van der Waals surface area contributed by atoms with Gasteiger partial charge in [0.05, 0.1) is 7.11 Å². The molecule has 1 amide bonds. The van der Waals surface area contributed by atoms with E-state index in [1.165, 1.54) is 11.6 Å². The van der Waals surface area contributed by atoms with E-state index in [-0.39, 0.29) is 5.91 Å². The third-order valence-corrected chi connectivity index (χ3v) is 3.78. The average molecular weight is 259 g/mol. The van der Waals surface area contributed by atoms with Crippen LogP contribution in [-0.2, 0) is 11.2 Å². The molecule has 1 aromatic carbocycles. The minimum atomic E-state index is 0.0582. The molecule has 0 N–H and O–H groups in total. The molecule has 2 rings (SSSR count). The molecule has 1 aliphatic rings. The van der Waals surface area contributed by atoms with Crippen molar-refractivity contribution in [2.75, 3.05) is 20.2 Å². The van der Waals surface area contributed by atoms with Crippen molar-refractivity contribution in [3.05, 3.63) is 42.5 Å². The molecular weight excluding hydrogens is 238 g/mol. The van der Waals surface area contributed by atoms with Crippen LogP contribution in [0.4, 0.5) is 0 Å². The monoisotopic (exact) mass is 259 g/mol. The number of benzene rings is 1. The van der Waals surface area contributed by atoms with E-state index in [0.717, 1.165) is 38.1 Å². The smallest absolute Gasteiger partial charge is 0.245 e. The second-order valence-electron chi connectivity index (χ2n) is 5.02. The number of likely N-dealkylation sites (tertiary alicyclic amines) is 1. The molecule has 1 saturated heterocycles. The molecule has 3 heteroatoms. The Bertz CT molecular complexity index is 431. The van der Waals surface area contributed by atoms with E-state index in [0.29, 0.717) is 5.92 Å². The van der Waals surface area contributed by atoms with Crippen molar-refractivity contribution in [1.82, 2.24) is 4.90 Å². The van der Waals surface area contributed by atoms with Crippen LogP contribution in [0.25, 0.3) is 0 Å². The fourth-order valence-electron chi connectivity index (χ4n) is 2.58. The molecule has 0 bridgehead atoms. The molecule has 1 fully saturated rings. The molecule has 0 atom stereocenters. The Hall–Kier alpha value is -1.77. The Morgan fingerprint density at radius 3 is 2.53 bits per heavy atom. The molecule has 102 valence electrons. The van der Waals surface area contributed by atoms with Gasteiger partial charge in [0.25, 0.3) is 0 Å². The van der Waals surface area contributed by atoms with Crippen molar-refractivity contribution in [3.63, 3.8) is 0 Å². The van der Waals surface area contributed by atoms with E-state index in [2.05, 4.69) is 18.7 Å². The number of carbonyl (C=O) groups is 1. The van der Waals surface area contributed by atoms with E-state index < -0.39 is 0 Å². The molecule has 0 unspecified atom stereocenters. The Balaban J connectivity index is 1.84. The summed E-state index contributed by atoms with van der Waals surface area (Å²) >= 11 is 0. The minimum Gasteiger partial charge on any atom is -0.497 e. The maximum atomic E-state index is 11.5. The van der Waals surface area contributed by atoms with Crippen molar-refractivity contribution in [2.45, 2.75) is 19.3 Å². The number of piperidine rings is 1. The first-order chi connectivity index (χ1) is 9.22. The third-order valence-electron chi connectivity index (χ3n) is 3.78.